The van der Waals surface area contributed by atoms with Gasteiger partial charge in [-0.2, -0.15) is 0 Å². The van der Waals surface area contributed by atoms with Gasteiger partial charge in [-0.1, -0.05) is 5.16 Å². The molecule has 0 radical (unpaired) electrons. The molecular formula is C21H22N4O5S2. The highest BCUT2D eigenvalue weighted by molar-refractivity contribution is 7.12. The second-order valence-electron chi connectivity index (χ2n) is 7.49. The molecule has 0 aliphatic heterocycles. The van der Waals surface area contributed by atoms with E-state index in [1.54, 1.807) is 36.8 Å². The summed E-state index contributed by atoms with van der Waals surface area (Å²) in [6, 6.07) is 5.46. The molecule has 1 aromatic carbocycles. The molecule has 9 nitrogen and oxygen atoms in total. The Morgan fingerprint density at radius 1 is 1.19 bits per heavy atom. The summed E-state index contributed by atoms with van der Waals surface area (Å²) in [6.07, 6.45) is -1.19. The van der Waals surface area contributed by atoms with Crippen molar-refractivity contribution < 1.29 is 14.7 Å². The number of anilines is 4. The Kier molecular flexibility index (Phi) is 5.80. The number of aliphatic hydroxyl groups excluding tert-OH is 1. The smallest absolute Gasteiger partial charge is 0.253 e. The maximum Gasteiger partial charge on any atom is 0.253 e. The zero-order valence-electron chi connectivity index (χ0n) is 17.8. The molecule has 4 aromatic rings. The summed E-state index contributed by atoms with van der Waals surface area (Å²) in [6.45, 7) is 5.64. The fraction of sp³-hybridized carbons (Fsp3) is 0.286. The van der Waals surface area contributed by atoms with Gasteiger partial charge in [-0.25, -0.2) is 0 Å². The Morgan fingerprint density at radius 2 is 1.91 bits per heavy atom. The first-order valence-electron chi connectivity index (χ1n) is 9.75. The number of nitrogens with zero attached hydrogens (tertiary/aromatic N) is 2. The van der Waals surface area contributed by atoms with E-state index < -0.39 is 17.1 Å². The number of aromatic nitrogens is 1. The van der Waals surface area contributed by atoms with E-state index >= 15 is 0 Å². The standard InChI is InChI=1S/C21H22N4O5S2/c1-9-7-14(24-30-9)25(4)21(29)20-17(26)12(8-31-20)23-16-15(18(27)19(16)28)22-11(3)13-6-5-10(2)32-13/h5-8,11,21-23,26,29H,1-4H3/t11-,21?/m1/s1. The van der Waals surface area contributed by atoms with Crippen LogP contribution in [-0.4, -0.2) is 22.4 Å². The van der Waals surface area contributed by atoms with E-state index in [2.05, 4.69) is 15.8 Å². The van der Waals surface area contributed by atoms with Crippen LogP contribution in [0.4, 0.5) is 22.9 Å². The summed E-state index contributed by atoms with van der Waals surface area (Å²) < 4.78 is 5.02. The monoisotopic (exact) mass is 474 g/mol. The first kappa shape index (κ1) is 22.1. The number of thiophene rings is 2. The van der Waals surface area contributed by atoms with E-state index in [9.17, 15) is 19.8 Å². The van der Waals surface area contributed by atoms with Gasteiger partial charge in [0.15, 0.2) is 17.8 Å². The predicted molar refractivity (Wildman–Crippen MR) is 126 cm³/mol. The molecule has 0 fully saturated rings. The Balaban J connectivity index is 1.53. The van der Waals surface area contributed by atoms with Crippen LogP contribution >= 0.6 is 22.7 Å². The molecular weight excluding hydrogens is 452 g/mol. The lowest BCUT2D eigenvalue weighted by Crippen LogP contribution is -2.37. The zero-order valence-corrected chi connectivity index (χ0v) is 19.4. The highest BCUT2D eigenvalue weighted by atomic mass is 32.1. The molecule has 1 unspecified atom stereocenters. The molecule has 11 heteroatoms. The van der Waals surface area contributed by atoms with Gasteiger partial charge >= 0.3 is 0 Å². The van der Waals surface area contributed by atoms with E-state index in [4.69, 9.17) is 4.52 Å². The van der Waals surface area contributed by atoms with Crippen LogP contribution in [0.1, 0.15) is 39.6 Å². The normalized spacial score (nSPS) is 13.3. The van der Waals surface area contributed by atoms with Gasteiger partial charge in [0.1, 0.15) is 17.1 Å². The highest BCUT2D eigenvalue weighted by Crippen LogP contribution is 2.42. The lowest BCUT2D eigenvalue weighted by molar-refractivity contribution is 0.176. The number of aliphatic hydroxyl groups is 1. The molecule has 0 bridgehead atoms. The van der Waals surface area contributed by atoms with Crippen molar-refractivity contribution in [3.05, 3.63) is 64.4 Å². The minimum absolute atomic E-state index is 0.0877. The second-order valence-corrected chi connectivity index (χ2v) is 9.72. The van der Waals surface area contributed by atoms with E-state index in [1.807, 2.05) is 26.0 Å². The van der Waals surface area contributed by atoms with Gasteiger partial charge in [-0.15, -0.1) is 22.7 Å². The summed E-state index contributed by atoms with van der Waals surface area (Å²) in [4.78, 5) is 28.2. The van der Waals surface area contributed by atoms with Gasteiger partial charge in [-0.3, -0.25) is 9.59 Å². The van der Waals surface area contributed by atoms with E-state index in [0.29, 0.717) is 11.6 Å². The third-order valence-electron chi connectivity index (χ3n) is 5.09. The third-order valence-corrected chi connectivity index (χ3v) is 7.28. The number of nitrogens with one attached hydrogen (secondary N) is 2. The summed E-state index contributed by atoms with van der Waals surface area (Å²) in [5.41, 5.74) is -0.779. The molecule has 0 amide bonds. The van der Waals surface area contributed by atoms with Gasteiger partial charge in [0.05, 0.1) is 16.6 Å². The zero-order chi connectivity index (χ0) is 23.2. The number of aryl methyl sites for hydroxylation is 2. The molecule has 3 heterocycles. The van der Waals surface area contributed by atoms with Crippen LogP contribution in [0.2, 0.25) is 0 Å². The van der Waals surface area contributed by atoms with Gasteiger partial charge in [0.25, 0.3) is 10.9 Å². The van der Waals surface area contributed by atoms with Crippen molar-refractivity contribution >= 4 is 45.6 Å². The average Bonchev–Trinajstić information content (AvgIpc) is 3.49. The molecule has 3 aromatic heterocycles. The van der Waals surface area contributed by atoms with Crippen LogP contribution in [0, 0.1) is 13.8 Å². The molecule has 0 spiro atoms. The van der Waals surface area contributed by atoms with E-state index in [-0.39, 0.29) is 33.7 Å². The average molecular weight is 475 g/mol. The van der Waals surface area contributed by atoms with E-state index in [0.717, 1.165) is 21.1 Å². The summed E-state index contributed by atoms with van der Waals surface area (Å²) in [5, 5.41) is 32.7. The molecule has 0 saturated heterocycles. The first-order chi connectivity index (χ1) is 15.2. The van der Waals surface area contributed by atoms with Crippen molar-refractivity contribution in [3.8, 4) is 5.75 Å². The maximum atomic E-state index is 12.2. The van der Waals surface area contributed by atoms with Crippen LogP contribution < -0.4 is 26.4 Å². The predicted octanol–water partition coefficient (Wildman–Crippen LogP) is 3.76. The Bertz CT molecular complexity index is 1330. The molecule has 0 aliphatic carbocycles. The van der Waals surface area contributed by atoms with Crippen LogP contribution in [0.5, 0.6) is 5.75 Å². The van der Waals surface area contributed by atoms with Crippen molar-refractivity contribution in [3.63, 3.8) is 0 Å². The summed E-state index contributed by atoms with van der Waals surface area (Å²) >= 11 is 2.71. The molecule has 0 aliphatic rings. The Labute approximate surface area is 191 Å². The number of hydrogen-bond donors (Lipinski definition) is 4. The maximum absolute atomic E-state index is 12.2. The lowest BCUT2D eigenvalue weighted by Gasteiger charge is -2.22. The van der Waals surface area contributed by atoms with Crippen LogP contribution in [0.3, 0.4) is 0 Å². The molecule has 0 saturated carbocycles. The Morgan fingerprint density at radius 3 is 2.53 bits per heavy atom. The van der Waals surface area contributed by atoms with Gasteiger partial charge in [-0.05, 0) is 32.9 Å². The fourth-order valence-electron chi connectivity index (χ4n) is 3.22. The molecule has 32 heavy (non-hydrogen) atoms. The highest BCUT2D eigenvalue weighted by Gasteiger charge is 2.27. The topological polar surface area (TPSA) is 128 Å². The van der Waals surface area contributed by atoms with Gasteiger partial charge in [0, 0.05) is 28.2 Å². The van der Waals surface area contributed by atoms with Crippen molar-refractivity contribution in [2.45, 2.75) is 33.0 Å². The largest absolute Gasteiger partial charge is 0.504 e. The van der Waals surface area contributed by atoms with Crippen LogP contribution in [0.15, 0.2) is 37.7 Å². The lowest BCUT2D eigenvalue weighted by atomic mass is 10.1. The fourth-order valence-corrected chi connectivity index (χ4v) is 5.01. The van der Waals surface area contributed by atoms with Crippen molar-refractivity contribution in [1.82, 2.24) is 5.16 Å². The first-order valence-corrected chi connectivity index (χ1v) is 11.4. The number of aromatic hydroxyl groups is 1. The van der Waals surface area contributed by atoms with Crippen molar-refractivity contribution in [2.24, 2.45) is 0 Å². The minimum atomic E-state index is -1.19. The SMILES string of the molecule is Cc1cc(N(C)C(O)c2scc(Nc3c(N[C@H](C)c4ccc(C)s4)c(=O)c3=O)c2O)no1. The van der Waals surface area contributed by atoms with E-state index in [1.165, 1.54) is 4.90 Å². The molecule has 4 rings (SSSR count). The molecule has 168 valence electrons. The van der Waals surface area contributed by atoms with Crippen LogP contribution in [-0.2, 0) is 0 Å². The second kappa shape index (κ2) is 8.41. The Hall–Kier alpha value is -3.15. The number of hydrogen-bond acceptors (Lipinski definition) is 11. The minimum Gasteiger partial charge on any atom is -0.504 e. The summed E-state index contributed by atoms with van der Waals surface area (Å²) in [7, 11) is 1.61. The van der Waals surface area contributed by atoms with Crippen molar-refractivity contribution in [2.75, 3.05) is 22.6 Å². The summed E-state index contributed by atoms with van der Waals surface area (Å²) in [5.74, 6) is 0.781. The van der Waals surface area contributed by atoms with Gasteiger partial charge in [0.2, 0.25) is 0 Å². The van der Waals surface area contributed by atoms with Crippen LogP contribution in [0.25, 0.3) is 0 Å². The quantitative estimate of drug-likeness (QED) is 0.223. The van der Waals surface area contributed by atoms with Crippen molar-refractivity contribution in [1.29, 1.82) is 0 Å². The van der Waals surface area contributed by atoms with Gasteiger partial charge < -0.3 is 30.3 Å². The molecule has 2 atom stereocenters. The third kappa shape index (κ3) is 3.90. The number of rotatable bonds is 8. The molecule has 4 N–H and O–H groups in total.